The Morgan fingerprint density at radius 3 is 2.65 bits per heavy atom. The SMILES string of the molecule is CCCC(C#N)N1CCN(c2cc(C#N)ccn2)CC1. The summed E-state index contributed by atoms with van der Waals surface area (Å²) in [5.41, 5.74) is 0.637. The summed E-state index contributed by atoms with van der Waals surface area (Å²) >= 11 is 0. The normalized spacial score (nSPS) is 17.2. The quantitative estimate of drug-likeness (QED) is 0.833. The molecule has 5 nitrogen and oxygen atoms in total. The molecule has 1 saturated heterocycles. The lowest BCUT2D eigenvalue weighted by Crippen LogP contribution is -2.50. The van der Waals surface area contributed by atoms with Crippen molar-refractivity contribution in [1.82, 2.24) is 9.88 Å². The number of piperazine rings is 1. The smallest absolute Gasteiger partial charge is 0.129 e. The maximum absolute atomic E-state index is 9.21. The monoisotopic (exact) mass is 269 g/mol. The molecule has 0 aliphatic carbocycles. The van der Waals surface area contributed by atoms with Gasteiger partial charge >= 0.3 is 0 Å². The van der Waals surface area contributed by atoms with E-state index in [2.05, 4.69) is 33.8 Å². The van der Waals surface area contributed by atoms with Gasteiger partial charge in [-0.25, -0.2) is 4.98 Å². The predicted molar refractivity (Wildman–Crippen MR) is 77.0 cm³/mol. The lowest BCUT2D eigenvalue weighted by molar-refractivity contribution is 0.211. The van der Waals surface area contributed by atoms with Crippen LogP contribution in [0.4, 0.5) is 5.82 Å². The van der Waals surface area contributed by atoms with E-state index in [0.717, 1.165) is 44.8 Å². The Bertz CT molecular complexity index is 520. The van der Waals surface area contributed by atoms with E-state index in [1.54, 1.807) is 12.3 Å². The molecule has 0 radical (unpaired) electrons. The molecular weight excluding hydrogens is 250 g/mol. The van der Waals surface area contributed by atoms with E-state index in [0.29, 0.717) is 5.56 Å². The van der Waals surface area contributed by atoms with Gasteiger partial charge in [-0.3, -0.25) is 4.90 Å². The van der Waals surface area contributed by atoms with Gasteiger partial charge in [0.1, 0.15) is 5.82 Å². The predicted octanol–water partition coefficient (Wildman–Crippen LogP) is 1.77. The zero-order valence-electron chi connectivity index (χ0n) is 11.8. The Hall–Kier alpha value is -2.11. The van der Waals surface area contributed by atoms with E-state index in [9.17, 15) is 5.26 Å². The molecule has 1 aromatic heterocycles. The van der Waals surface area contributed by atoms with Crippen LogP contribution in [0.25, 0.3) is 0 Å². The van der Waals surface area contributed by atoms with Gasteiger partial charge < -0.3 is 4.90 Å². The van der Waals surface area contributed by atoms with E-state index in [1.165, 1.54) is 0 Å². The fourth-order valence-corrected chi connectivity index (χ4v) is 2.53. The highest BCUT2D eigenvalue weighted by Crippen LogP contribution is 2.17. The van der Waals surface area contributed by atoms with Gasteiger partial charge in [-0.05, 0) is 18.6 Å². The molecule has 0 N–H and O–H groups in total. The molecule has 104 valence electrons. The summed E-state index contributed by atoms with van der Waals surface area (Å²) in [5, 5.41) is 18.1. The van der Waals surface area contributed by atoms with Gasteiger partial charge in [-0.15, -0.1) is 0 Å². The molecule has 0 amide bonds. The summed E-state index contributed by atoms with van der Waals surface area (Å²) in [5.74, 6) is 0.854. The Morgan fingerprint density at radius 1 is 1.30 bits per heavy atom. The van der Waals surface area contributed by atoms with Gasteiger partial charge in [0.25, 0.3) is 0 Å². The van der Waals surface area contributed by atoms with Crippen LogP contribution < -0.4 is 4.90 Å². The highest BCUT2D eigenvalue weighted by Gasteiger charge is 2.23. The standard InChI is InChI=1S/C15H19N5/c1-2-3-14(12-17)19-6-8-20(9-7-19)15-10-13(11-16)4-5-18-15/h4-5,10,14H,2-3,6-9H2,1H3. The zero-order chi connectivity index (χ0) is 14.4. The van der Waals surface area contributed by atoms with Crippen molar-refractivity contribution in [2.75, 3.05) is 31.1 Å². The van der Waals surface area contributed by atoms with Crippen LogP contribution in [0.15, 0.2) is 18.3 Å². The first-order chi connectivity index (χ1) is 9.78. The van der Waals surface area contributed by atoms with E-state index in [4.69, 9.17) is 5.26 Å². The molecule has 5 heteroatoms. The van der Waals surface area contributed by atoms with Crippen molar-refractivity contribution in [3.8, 4) is 12.1 Å². The highest BCUT2D eigenvalue weighted by molar-refractivity contribution is 5.45. The molecule has 1 aromatic rings. The molecule has 0 aromatic carbocycles. The summed E-state index contributed by atoms with van der Waals surface area (Å²) in [4.78, 5) is 8.75. The van der Waals surface area contributed by atoms with Crippen LogP contribution in [0.5, 0.6) is 0 Å². The molecule has 0 bridgehead atoms. The second-order valence-electron chi connectivity index (χ2n) is 4.97. The largest absolute Gasteiger partial charge is 0.354 e. The van der Waals surface area contributed by atoms with Crippen molar-refractivity contribution in [2.24, 2.45) is 0 Å². The van der Waals surface area contributed by atoms with Crippen molar-refractivity contribution in [2.45, 2.75) is 25.8 Å². The summed E-state index contributed by atoms with van der Waals surface area (Å²) in [6.45, 7) is 5.55. The summed E-state index contributed by atoms with van der Waals surface area (Å²) in [6.07, 6.45) is 3.64. The molecule has 2 rings (SSSR count). The van der Waals surface area contributed by atoms with Gasteiger partial charge in [0.15, 0.2) is 0 Å². The average Bonchev–Trinajstić information content (AvgIpc) is 2.53. The number of pyridine rings is 1. The first-order valence-corrected chi connectivity index (χ1v) is 7.03. The third kappa shape index (κ3) is 3.26. The number of aromatic nitrogens is 1. The fraction of sp³-hybridized carbons (Fsp3) is 0.533. The zero-order valence-corrected chi connectivity index (χ0v) is 11.8. The molecule has 1 unspecified atom stereocenters. The minimum absolute atomic E-state index is 0.0283. The van der Waals surface area contributed by atoms with Crippen LogP contribution in [-0.2, 0) is 0 Å². The van der Waals surface area contributed by atoms with Crippen LogP contribution in [0.3, 0.4) is 0 Å². The van der Waals surface area contributed by atoms with Crippen LogP contribution in [-0.4, -0.2) is 42.1 Å². The molecule has 1 aliphatic heterocycles. The fourth-order valence-electron chi connectivity index (χ4n) is 2.53. The first-order valence-electron chi connectivity index (χ1n) is 7.03. The molecular formula is C15H19N5. The van der Waals surface area contributed by atoms with Crippen molar-refractivity contribution in [3.63, 3.8) is 0 Å². The van der Waals surface area contributed by atoms with Gasteiger partial charge in [-0.2, -0.15) is 10.5 Å². The van der Waals surface area contributed by atoms with Gasteiger partial charge in [0.2, 0.25) is 0 Å². The summed E-state index contributed by atoms with van der Waals surface area (Å²) < 4.78 is 0. The van der Waals surface area contributed by atoms with E-state index >= 15 is 0 Å². The molecule has 1 atom stereocenters. The van der Waals surface area contributed by atoms with E-state index in [1.807, 2.05) is 6.07 Å². The van der Waals surface area contributed by atoms with Crippen LogP contribution in [0.1, 0.15) is 25.3 Å². The molecule has 20 heavy (non-hydrogen) atoms. The van der Waals surface area contributed by atoms with E-state index in [-0.39, 0.29) is 6.04 Å². The Labute approximate surface area is 120 Å². The van der Waals surface area contributed by atoms with Gasteiger partial charge in [-0.1, -0.05) is 13.3 Å². The molecule has 0 spiro atoms. The molecule has 1 fully saturated rings. The summed E-state index contributed by atoms with van der Waals surface area (Å²) in [7, 11) is 0. The maximum Gasteiger partial charge on any atom is 0.129 e. The Kier molecular flexibility index (Phi) is 4.92. The number of nitriles is 2. The van der Waals surface area contributed by atoms with E-state index < -0.39 is 0 Å². The van der Waals surface area contributed by atoms with Gasteiger partial charge in [0, 0.05) is 32.4 Å². The summed E-state index contributed by atoms with van der Waals surface area (Å²) in [6, 6.07) is 8.10. The Balaban J connectivity index is 1.97. The lowest BCUT2D eigenvalue weighted by atomic mass is 10.1. The number of hydrogen-bond acceptors (Lipinski definition) is 5. The topological polar surface area (TPSA) is 67.0 Å². The highest BCUT2D eigenvalue weighted by atomic mass is 15.3. The van der Waals surface area contributed by atoms with Gasteiger partial charge in [0.05, 0.1) is 23.7 Å². The number of hydrogen-bond donors (Lipinski definition) is 0. The average molecular weight is 269 g/mol. The first kappa shape index (κ1) is 14.3. The Morgan fingerprint density at radius 2 is 2.05 bits per heavy atom. The second-order valence-corrected chi connectivity index (χ2v) is 4.97. The second kappa shape index (κ2) is 6.88. The van der Waals surface area contributed by atoms with Crippen molar-refractivity contribution in [3.05, 3.63) is 23.9 Å². The van der Waals surface area contributed by atoms with Crippen molar-refractivity contribution >= 4 is 5.82 Å². The molecule has 2 heterocycles. The minimum atomic E-state index is 0.0283. The third-order valence-corrected chi connectivity index (χ3v) is 3.66. The van der Waals surface area contributed by atoms with Crippen molar-refractivity contribution in [1.29, 1.82) is 10.5 Å². The number of anilines is 1. The molecule has 1 aliphatic rings. The van der Waals surface area contributed by atoms with Crippen LogP contribution in [0, 0.1) is 22.7 Å². The third-order valence-electron chi connectivity index (χ3n) is 3.66. The number of rotatable bonds is 4. The van der Waals surface area contributed by atoms with Crippen LogP contribution in [0.2, 0.25) is 0 Å². The van der Waals surface area contributed by atoms with Crippen LogP contribution >= 0.6 is 0 Å². The molecule has 0 saturated carbocycles. The lowest BCUT2D eigenvalue weighted by Gasteiger charge is -2.37. The van der Waals surface area contributed by atoms with Crippen molar-refractivity contribution < 1.29 is 0 Å². The number of nitrogens with zero attached hydrogens (tertiary/aromatic N) is 5. The minimum Gasteiger partial charge on any atom is -0.354 e. The maximum atomic E-state index is 9.21.